The number of carbonyl (C=O) groups is 3. The third-order valence-electron chi connectivity index (χ3n) is 6.44. The molecule has 0 saturated carbocycles. The number of benzene rings is 3. The Kier molecular flexibility index (Phi) is 6.09. The zero-order chi connectivity index (χ0) is 27.2. The average molecular weight is 531 g/mol. The highest BCUT2D eigenvalue weighted by atomic mass is 35.5. The van der Waals surface area contributed by atoms with E-state index in [1.807, 2.05) is 6.07 Å². The number of halogens is 2. The Morgan fingerprint density at radius 2 is 1.89 bits per heavy atom. The molecule has 0 atom stereocenters. The Bertz CT molecular complexity index is 1680. The molecule has 2 heterocycles. The Hall–Kier alpha value is -4.75. The van der Waals surface area contributed by atoms with E-state index in [-0.39, 0.29) is 40.0 Å². The van der Waals surface area contributed by atoms with E-state index >= 15 is 4.39 Å². The van der Waals surface area contributed by atoms with E-state index in [0.29, 0.717) is 5.56 Å². The summed E-state index contributed by atoms with van der Waals surface area (Å²) >= 11 is 6.11. The van der Waals surface area contributed by atoms with Crippen LogP contribution in [0.15, 0.2) is 60.8 Å². The lowest BCUT2D eigenvalue weighted by Crippen LogP contribution is -2.44. The summed E-state index contributed by atoms with van der Waals surface area (Å²) in [6.45, 7) is 3.03. The number of imide groups is 1. The van der Waals surface area contributed by atoms with E-state index in [9.17, 15) is 14.4 Å². The van der Waals surface area contributed by atoms with Crippen LogP contribution in [-0.2, 0) is 11.3 Å². The van der Waals surface area contributed by atoms with Gasteiger partial charge in [0.05, 0.1) is 28.0 Å². The molecule has 5 rings (SSSR count). The fourth-order valence-corrected chi connectivity index (χ4v) is 4.59. The molecule has 0 aliphatic carbocycles. The Balaban J connectivity index is 1.36. The van der Waals surface area contributed by atoms with Gasteiger partial charge in [-0.1, -0.05) is 17.7 Å². The number of fused-ring (bicyclic) bond motifs is 1. The van der Waals surface area contributed by atoms with Crippen LogP contribution in [0.4, 0.5) is 20.6 Å². The summed E-state index contributed by atoms with van der Waals surface area (Å²) < 4.78 is 15.1. The van der Waals surface area contributed by atoms with Crippen molar-refractivity contribution in [2.24, 2.45) is 0 Å². The van der Waals surface area contributed by atoms with Gasteiger partial charge in [-0.3, -0.25) is 19.6 Å². The second kappa shape index (κ2) is 9.28. The standard InChI is InChI=1S/C27H20ClFN6O3/c1-27(2)25(37)34(19-6-3-16(12-30)21(28)10-19)26(38)35(27)20-7-4-17(22(29)11-20)13-31-24(36)15-5-8-23-18(9-15)14-32-33-23/h3-11,14H,13H2,1-2H3,(H,31,36)(H,32,33). The number of nitriles is 1. The Labute approximate surface area is 221 Å². The van der Waals surface area contributed by atoms with E-state index in [1.165, 1.54) is 35.2 Å². The number of carbonyl (C=O) groups excluding carboxylic acids is 3. The predicted molar refractivity (Wildman–Crippen MR) is 139 cm³/mol. The number of hydrogen-bond donors (Lipinski definition) is 2. The predicted octanol–water partition coefficient (Wildman–Crippen LogP) is 4.91. The summed E-state index contributed by atoms with van der Waals surface area (Å²) in [6, 6.07) is 14.7. The van der Waals surface area contributed by atoms with Crippen molar-refractivity contribution in [3.8, 4) is 6.07 Å². The quantitative estimate of drug-likeness (QED) is 0.355. The highest BCUT2D eigenvalue weighted by molar-refractivity contribution is 6.33. The normalized spacial score (nSPS) is 14.7. The Morgan fingerprint density at radius 3 is 2.61 bits per heavy atom. The first-order valence-electron chi connectivity index (χ1n) is 11.5. The molecule has 1 saturated heterocycles. The number of hydrogen-bond acceptors (Lipinski definition) is 5. The van der Waals surface area contributed by atoms with Crippen LogP contribution < -0.4 is 15.1 Å². The monoisotopic (exact) mass is 530 g/mol. The van der Waals surface area contributed by atoms with Gasteiger partial charge in [0.25, 0.3) is 11.8 Å². The second-order valence-electron chi connectivity index (χ2n) is 9.22. The van der Waals surface area contributed by atoms with Crippen LogP contribution in [0.3, 0.4) is 0 Å². The summed E-state index contributed by atoms with van der Waals surface area (Å²) in [6.07, 6.45) is 1.60. The molecule has 1 aromatic heterocycles. The minimum atomic E-state index is -1.33. The van der Waals surface area contributed by atoms with Crippen molar-refractivity contribution in [2.75, 3.05) is 9.80 Å². The van der Waals surface area contributed by atoms with Crippen LogP contribution in [0.5, 0.6) is 0 Å². The topological polar surface area (TPSA) is 122 Å². The van der Waals surface area contributed by atoms with E-state index in [1.54, 1.807) is 38.2 Å². The summed E-state index contributed by atoms with van der Waals surface area (Å²) in [5, 5.41) is 19.4. The van der Waals surface area contributed by atoms with Crippen LogP contribution >= 0.6 is 11.6 Å². The van der Waals surface area contributed by atoms with Crippen molar-refractivity contribution in [3.63, 3.8) is 0 Å². The van der Waals surface area contributed by atoms with Crippen molar-refractivity contribution in [1.82, 2.24) is 15.5 Å². The largest absolute Gasteiger partial charge is 0.348 e. The van der Waals surface area contributed by atoms with Crippen molar-refractivity contribution < 1.29 is 18.8 Å². The summed E-state index contributed by atoms with van der Waals surface area (Å²) in [5.74, 6) is -1.56. The Morgan fingerprint density at radius 1 is 1.13 bits per heavy atom. The van der Waals surface area contributed by atoms with E-state index in [0.717, 1.165) is 21.9 Å². The molecule has 11 heteroatoms. The number of nitrogens with zero attached hydrogens (tertiary/aromatic N) is 4. The molecule has 38 heavy (non-hydrogen) atoms. The van der Waals surface area contributed by atoms with Gasteiger partial charge in [0, 0.05) is 28.7 Å². The minimum Gasteiger partial charge on any atom is -0.348 e. The van der Waals surface area contributed by atoms with Crippen LogP contribution in [0.2, 0.25) is 5.02 Å². The van der Waals surface area contributed by atoms with Gasteiger partial charge >= 0.3 is 6.03 Å². The lowest BCUT2D eigenvalue weighted by atomic mass is 10.0. The molecule has 4 aromatic rings. The molecule has 1 aliphatic heterocycles. The molecule has 9 nitrogen and oxygen atoms in total. The third kappa shape index (κ3) is 4.13. The summed E-state index contributed by atoms with van der Waals surface area (Å²) in [7, 11) is 0. The molecule has 0 radical (unpaired) electrons. The van der Waals surface area contributed by atoms with E-state index < -0.39 is 23.3 Å². The lowest BCUT2D eigenvalue weighted by Gasteiger charge is -2.28. The smallest absolute Gasteiger partial charge is 0.336 e. The van der Waals surface area contributed by atoms with Crippen molar-refractivity contribution in [2.45, 2.75) is 25.9 Å². The van der Waals surface area contributed by atoms with Gasteiger partial charge in [-0.2, -0.15) is 10.4 Å². The molecule has 0 unspecified atom stereocenters. The number of nitrogens with one attached hydrogen (secondary N) is 2. The lowest BCUT2D eigenvalue weighted by molar-refractivity contribution is -0.120. The van der Waals surface area contributed by atoms with Crippen LogP contribution in [0.1, 0.15) is 35.3 Å². The van der Waals surface area contributed by atoms with Gasteiger partial charge in [0.15, 0.2) is 0 Å². The van der Waals surface area contributed by atoms with Gasteiger partial charge in [-0.25, -0.2) is 14.1 Å². The molecule has 3 aromatic carbocycles. The van der Waals surface area contributed by atoms with Crippen molar-refractivity contribution in [1.29, 1.82) is 5.26 Å². The fourth-order valence-electron chi connectivity index (χ4n) is 4.37. The average Bonchev–Trinajstić information content (AvgIpc) is 3.42. The van der Waals surface area contributed by atoms with Crippen LogP contribution in [0, 0.1) is 17.1 Å². The summed E-state index contributed by atoms with van der Waals surface area (Å²) in [4.78, 5) is 41.3. The summed E-state index contributed by atoms with van der Waals surface area (Å²) in [5.41, 5.74) is 0.659. The maximum Gasteiger partial charge on any atom is 0.336 e. The minimum absolute atomic E-state index is 0.0828. The van der Waals surface area contributed by atoms with Gasteiger partial charge in [-0.15, -0.1) is 0 Å². The maximum absolute atomic E-state index is 15.1. The number of rotatable bonds is 5. The molecule has 190 valence electrons. The molecule has 4 amide bonds. The molecular weight excluding hydrogens is 511 g/mol. The highest BCUT2D eigenvalue weighted by Gasteiger charge is 2.52. The zero-order valence-corrected chi connectivity index (χ0v) is 21.0. The fraction of sp³-hybridized carbons (Fsp3) is 0.148. The first-order chi connectivity index (χ1) is 18.1. The SMILES string of the molecule is CC1(C)C(=O)N(c2ccc(C#N)c(Cl)c2)C(=O)N1c1ccc(CNC(=O)c2ccc3[nH]ncc3c2)c(F)c1. The molecular formula is C27H20ClFN6O3. The zero-order valence-electron chi connectivity index (χ0n) is 20.3. The first kappa shape index (κ1) is 24.9. The third-order valence-corrected chi connectivity index (χ3v) is 6.75. The molecule has 1 aliphatic rings. The van der Waals surface area contributed by atoms with Crippen LogP contribution in [-0.4, -0.2) is 33.6 Å². The van der Waals surface area contributed by atoms with E-state index in [4.69, 9.17) is 16.9 Å². The van der Waals surface area contributed by atoms with Crippen molar-refractivity contribution >= 4 is 51.7 Å². The molecule has 2 N–H and O–H groups in total. The van der Waals surface area contributed by atoms with Gasteiger partial charge < -0.3 is 5.32 Å². The maximum atomic E-state index is 15.1. The number of aromatic nitrogens is 2. The molecule has 0 spiro atoms. The first-order valence-corrected chi connectivity index (χ1v) is 11.9. The van der Waals surface area contributed by atoms with Gasteiger partial charge in [0.1, 0.15) is 17.4 Å². The number of anilines is 2. The number of urea groups is 1. The number of amides is 4. The molecule has 0 bridgehead atoms. The van der Waals surface area contributed by atoms with E-state index in [2.05, 4.69) is 15.5 Å². The van der Waals surface area contributed by atoms with Crippen LogP contribution in [0.25, 0.3) is 10.9 Å². The van der Waals surface area contributed by atoms with Crippen molar-refractivity contribution in [3.05, 3.63) is 88.3 Å². The van der Waals surface area contributed by atoms with Gasteiger partial charge in [-0.05, 0) is 62.4 Å². The molecule has 1 fully saturated rings. The number of H-pyrrole nitrogens is 1. The number of aromatic amines is 1. The van der Waals surface area contributed by atoms with Gasteiger partial charge in [0.2, 0.25) is 0 Å². The highest BCUT2D eigenvalue weighted by Crippen LogP contribution is 2.37. The second-order valence-corrected chi connectivity index (χ2v) is 9.63.